The number of urea groups is 1. The number of anilines is 1. The third-order valence-corrected chi connectivity index (χ3v) is 5.96. The van der Waals surface area contributed by atoms with Gasteiger partial charge in [-0.15, -0.1) is 0 Å². The number of carboxylic acids is 1. The van der Waals surface area contributed by atoms with Crippen LogP contribution >= 0.6 is 0 Å². The van der Waals surface area contributed by atoms with Crippen LogP contribution < -0.4 is 20.4 Å². The van der Waals surface area contributed by atoms with Gasteiger partial charge in [-0.3, -0.25) is 9.59 Å². The normalized spacial score (nSPS) is 15.9. The van der Waals surface area contributed by atoms with E-state index in [1.54, 1.807) is 20.4 Å². The monoisotopic (exact) mass is 476 g/mol. The highest BCUT2D eigenvalue weighted by Crippen LogP contribution is 2.39. The van der Waals surface area contributed by atoms with Gasteiger partial charge in [0.25, 0.3) is 0 Å². The number of hydrogen-bond acceptors (Lipinski definition) is 6. The van der Waals surface area contributed by atoms with E-state index in [2.05, 4.69) is 10.1 Å². The number of nitrogens with one attached hydrogen (secondary N) is 1. The first kappa shape index (κ1) is 23.3. The van der Waals surface area contributed by atoms with Crippen LogP contribution in [0.25, 0.3) is 10.9 Å². The molecule has 1 aliphatic heterocycles. The summed E-state index contributed by atoms with van der Waals surface area (Å²) in [6.07, 6.45) is 1.79. The van der Waals surface area contributed by atoms with E-state index in [9.17, 15) is 19.2 Å². The standard InChI is InChI=1S/C22H25FN4O7/c23-15-10-14-16(27(13-3-4-13)12-18(20(14)30)34-22(32)33)11-17(15)25-6-8-26(9-7-25)21(31)24-5-1-2-19(28)29/h10-13H,1-9H2,(H,24,31)(H,28,29)(H,32,33). The molecule has 1 aliphatic carbocycles. The van der Waals surface area contributed by atoms with Gasteiger partial charge in [0.1, 0.15) is 5.82 Å². The quantitative estimate of drug-likeness (QED) is 0.408. The van der Waals surface area contributed by atoms with Crippen molar-refractivity contribution in [2.45, 2.75) is 31.7 Å². The zero-order valence-electron chi connectivity index (χ0n) is 18.3. The number of amides is 2. The molecule has 11 nitrogen and oxygen atoms in total. The van der Waals surface area contributed by atoms with Gasteiger partial charge in [0, 0.05) is 45.2 Å². The maximum atomic E-state index is 15.1. The van der Waals surface area contributed by atoms with Crippen molar-refractivity contribution in [2.75, 3.05) is 37.6 Å². The van der Waals surface area contributed by atoms with Crippen LogP contribution in [0.15, 0.2) is 23.1 Å². The minimum Gasteiger partial charge on any atom is -0.481 e. The van der Waals surface area contributed by atoms with Crippen molar-refractivity contribution in [1.29, 1.82) is 0 Å². The number of halogens is 1. The molecular weight excluding hydrogens is 451 g/mol. The lowest BCUT2D eigenvalue weighted by Gasteiger charge is -2.36. The van der Waals surface area contributed by atoms with Gasteiger partial charge in [0.2, 0.25) is 5.43 Å². The Hall–Kier alpha value is -3.83. The predicted molar refractivity (Wildman–Crippen MR) is 119 cm³/mol. The molecular formula is C22H25FN4O7. The van der Waals surface area contributed by atoms with E-state index in [1.807, 2.05) is 0 Å². The number of carboxylic acid groups (broad SMARTS) is 2. The number of nitrogens with zero attached hydrogens (tertiary/aromatic N) is 3. The number of aromatic nitrogens is 1. The van der Waals surface area contributed by atoms with Crippen LogP contribution in [0.1, 0.15) is 31.7 Å². The lowest BCUT2D eigenvalue weighted by molar-refractivity contribution is -0.137. The average Bonchev–Trinajstić information content (AvgIpc) is 3.63. The summed E-state index contributed by atoms with van der Waals surface area (Å²) < 4.78 is 21.4. The van der Waals surface area contributed by atoms with E-state index in [-0.39, 0.29) is 36.2 Å². The molecule has 0 spiro atoms. The summed E-state index contributed by atoms with van der Waals surface area (Å²) in [6, 6.07) is 2.50. The summed E-state index contributed by atoms with van der Waals surface area (Å²) in [4.78, 5) is 49.9. The first-order valence-electron chi connectivity index (χ1n) is 11.0. The summed E-state index contributed by atoms with van der Waals surface area (Å²) in [5.74, 6) is -1.90. The number of piperazine rings is 1. The SMILES string of the molecule is O=C(O)CCCNC(=O)N1CCN(c2cc3c(cc2F)c(=O)c(OC(=O)O)cn3C2CC2)CC1. The molecule has 12 heteroatoms. The molecule has 2 aromatic rings. The number of carbonyl (C=O) groups excluding carboxylic acids is 1. The Bertz CT molecular complexity index is 1190. The molecule has 1 aromatic heterocycles. The number of rotatable bonds is 7. The number of fused-ring (bicyclic) bond motifs is 1. The van der Waals surface area contributed by atoms with Gasteiger partial charge in [-0.2, -0.15) is 0 Å². The molecule has 2 heterocycles. The smallest absolute Gasteiger partial charge is 0.481 e. The largest absolute Gasteiger partial charge is 0.511 e. The van der Waals surface area contributed by atoms with E-state index in [1.165, 1.54) is 6.20 Å². The summed E-state index contributed by atoms with van der Waals surface area (Å²) in [7, 11) is 0. The highest BCUT2D eigenvalue weighted by atomic mass is 19.1. The van der Waals surface area contributed by atoms with Crippen molar-refractivity contribution in [2.24, 2.45) is 0 Å². The lowest BCUT2D eigenvalue weighted by Crippen LogP contribution is -2.52. The van der Waals surface area contributed by atoms with Crippen LogP contribution in [0.2, 0.25) is 0 Å². The highest BCUT2D eigenvalue weighted by molar-refractivity contribution is 5.85. The minimum absolute atomic E-state index is 0.0227. The van der Waals surface area contributed by atoms with E-state index >= 15 is 4.39 Å². The maximum absolute atomic E-state index is 15.1. The number of carbonyl (C=O) groups is 3. The third kappa shape index (κ3) is 5.05. The van der Waals surface area contributed by atoms with E-state index in [0.29, 0.717) is 43.8 Å². The van der Waals surface area contributed by atoms with Gasteiger partial charge in [-0.25, -0.2) is 14.0 Å². The molecule has 34 heavy (non-hydrogen) atoms. The zero-order valence-corrected chi connectivity index (χ0v) is 18.3. The first-order valence-corrected chi connectivity index (χ1v) is 11.0. The molecule has 0 atom stereocenters. The summed E-state index contributed by atoms with van der Waals surface area (Å²) >= 11 is 0. The Morgan fingerprint density at radius 2 is 1.82 bits per heavy atom. The molecule has 2 amide bonds. The Balaban J connectivity index is 1.51. The van der Waals surface area contributed by atoms with Gasteiger partial charge >= 0.3 is 18.2 Å². The fraction of sp³-hybridized carbons (Fsp3) is 0.455. The van der Waals surface area contributed by atoms with Crippen molar-refractivity contribution in [1.82, 2.24) is 14.8 Å². The van der Waals surface area contributed by atoms with Crippen LogP contribution in [0.4, 0.5) is 19.7 Å². The van der Waals surface area contributed by atoms with Gasteiger partial charge in [0.15, 0.2) is 5.75 Å². The Kier molecular flexibility index (Phi) is 6.57. The molecule has 1 saturated heterocycles. The van der Waals surface area contributed by atoms with E-state index < -0.39 is 23.4 Å². The molecule has 2 aliphatic rings. The maximum Gasteiger partial charge on any atom is 0.511 e. The van der Waals surface area contributed by atoms with Gasteiger partial charge in [-0.05, 0) is 31.4 Å². The molecule has 2 fully saturated rings. The van der Waals surface area contributed by atoms with Crippen molar-refractivity contribution < 1.29 is 33.7 Å². The summed E-state index contributed by atoms with van der Waals surface area (Å²) in [5, 5.41) is 20.3. The Morgan fingerprint density at radius 1 is 1.12 bits per heavy atom. The number of benzene rings is 1. The fourth-order valence-electron chi connectivity index (χ4n) is 4.09. The lowest BCUT2D eigenvalue weighted by atomic mass is 10.1. The van der Waals surface area contributed by atoms with Crippen LogP contribution in [0.5, 0.6) is 5.75 Å². The van der Waals surface area contributed by atoms with E-state index in [0.717, 1.165) is 18.9 Å². The van der Waals surface area contributed by atoms with Gasteiger partial charge in [0.05, 0.1) is 22.8 Å². The average molecular weight is 476 g/mol. The van der Waals surface area contributed by atoms with Crippen LogP contribution in [-0.4, -0.2) is 70.6 Å². The topological polar surface area (TPSA) is 141 Å². The number of aliphatic carboxylic acids is 1. The minimum atomic E-state index is -1.61. The second-order valence-electron chi connectivity index (χ2n) is 8.35. The van der Waals surface area contributed by atoms with Crippen molar-refractivity contribution in [3.8, 4) is 5.75 Å². The zero-order chi connectivity index (χ0) is 24.4. The molecule has 0 bridgehead atoms. The molecule has 1 aromatic carbocycles. The highest BCUT2D eigenvalue weighted by Gasteiger charge is 2.28. The Labute approximate surface area is 193 Å². The Morgan fingerprint density at radius 3 is 2.44 bits per heavy atom. The second-order valence-corrected chi connectivity index (χ2v) is 8.35. The van der Waals surface area contributed by atoms with Crippen molar-refractivity contribution in [3.05, 3.63) is 34.4 Å². The molecule has 1 saturated carbocycles. The number of pyridine rings is 1. The van der Waals surface area contributed by atoms with E-state index in [4.69, 9.17) is 10.2 Å². The second kappa shape index (κ2) is 9.57. The molecule has 0 unspecified atom stereocenters. The van der Waals surface area contributed by atoms with Crippen molar-refractivity contribution in [3.63, 3.8) is 0 Å². The molecule has 182 valence electrons. The fourth-order valence-corrected chi connectivity index (χ4v) is 4.09. The number of ether oxygens (including phenoxy) is 1. The van der Waals surface area contributed by atoms with Crippen LogP contribution in [-0.2, 0) is 4.79 Å². The summed E-state index contributed by atoms with van der Waals surface area (Å²) in [6.45, 7) is 1.71. The molecule has 4 rings (SSSR count). The number of hydrogen-bond donors (Lipinski definition) is 3. The van der Waals surface area contributed by atoms with Gasteiger partial charge in [-0.1, -0.05) is 0 Å². The predicted octanol–water partition coefficient (Wildman–Crippen LogP) is 2.23. The van der Waals surface area contributed by atoms with Crippen molar-refractivity contribution >= 4 is 34.7 Å². The summed E-state index contributed by atoms with van der Waals surface area (Å²) in [5.41, 5.74) is 0.110. The van der Waals surface area contributed by atoms with Gasteiger partial charge < -0.3 is 34.6 Å². The third-order valence-electron chi connectivity index (χ3n) is 5.96. The first-order chi connectivity index (χ1) is 16.2. The van der Waals surface area contributed by atoms with Crippen LogP contribution in [0, 0.1) is 5.82 Å². The molecule has 0 radical (unpaired) electrons. The molecule has 3 N–H and O–H groups in total. The van der Waals surface area contributed by atoms with Crippen LogP contribution in [0.3, 0.4) is 0 Å².